The van der Waals surface area contributed by atoms with E-state index in [-0.39, 0.29) is 30.7 Å². The van der Waals surface area contributed by atoms with Crippen LogP contribution in [0.1, 0.15) is 80.2 Å². The van der Waals surface area contributed by atoms with Crippen LogP contribution in [-0.2, 0) is 33.3 Å². The number of aliphatic hydroxyl groups is 1. The molecule has 1 amide bonds. The number of ketones is 1. The molecule has 13 atom stereocenters. The number of carbonyl (C=O) groups is 3. The van der Waals surface area contributed by atoms with E-state index in [2.05, 4.69) is 28.6 Å². The number of para-hydroxylation sites is 1. The molecule has 0 aliphatic carbocycles. The van der Waals surface area contributed by atoms with E-state index in [1.54, 1.807) is 13.8 Å². The molecule has 304 valence electrons. The van der Waals surface area contributed by atoms with Gasteiger partial charge < -0.3 is 44.3 Å². The zero-order valence-electron chi connectivity index (χ0n) is 34.1. The van der Waals surface area contributed by atoms with Crippen molar-refractivity contribution >= 4 is 34.8 Å². The molecule has 3 aliphatic rings. The van der Waals surface area contributed by atoms with Crippen molar-refractivity contribution in [2.45, 2.75) is 135 Å². The molecule has 13 heteroatoms. The second-order valence-corrected chi connectivity index (χ2v) is 16.6. The number of ether oxygens (including phenoxy) is 5. The van der Waals surface area contributed by atoms with Gasteiger partial charge in [-0.2, -0.15) is 0 Å². The van der Waals surface area contributed by atoms with Crippen molar-refractivity contribution in [3.63, 3.8) is 0 Å². The van der Waals surface area contributed by atoms with E-state index in [1.807, 2.05) is 89.3 Å². The molecule has 55 heavy (non-hydrogen) atoms. The van der Waals surface area contributed by atoms with Gasteiger partial charge in [-0.25, -0.2) is 4.79 Å². The van der Waals surface area contributed by atoms with Gasteiger partial charge in [0.2, 0.25) is 0 Å². The van der Waals surface area contributed by atoms with E-state index in [9.17, 15) is 19.5 Å². The molecule has 4 heterocycles. The van der Waals surface area contributed by atoms with Crippen LogP contribution in [0.25, 0.3) is 17.0 Å². The first-order chi connectivity index (χ1) is 26.0. The predicted molar refractivity (Wildman–Crippen MR) is 209 cm³/mol. The number of hydrogen-bond acceptors (Lipinski definition) is 12. The minimum Gasteiger partial charge on any atom is -0.458 e. The summed E-state index contributed by atoms with van der Waals surface area (Å²) in [6.45, 7) is 15.5. The lowest BCUT2D eigenvalue weighted by Crippen LogP contribution is -2.60. The number of aliphatic hydroxyl groups excluding tert-OH is 1. The lowest BCUT2D eigenvalue weighted by atomic mass is 9.78. The number of cyclic esters (lactones) is 1. The number of carbonyl (C=O) groups excluding carboxylic acids is 3. The summed E-state index contributed by atoms with van der Waals surface area (Å²) in [5.74, 6) is -3.25. The second kappa shape index (κ2) is 17.8. The maximum Gasteiger partial charge on any atom is 0.408 e. The van der Waals surface area contributed by atoms with Gasteiger partial charge in [0.15, 0.2) is 17.7 Å². The Balaban J connectivity index is 1.51. The Bertz CT molecular complexity index is 1690. The van der Waals surface area contributed by atoms with E-state index in [0.29, 0.717) is 25.8 Å². The standard InChI is InChI=1S/C42H62N4O9/c1-11-33-42(8)36(45-40(50)55-42)28(6)43-22-24(2)21-41(7,51-18-14-15-29-20-30-16-12-13-17-31(30)44-23-29)37(26(4)34(47)27(5)38(49)53-33)54-39-35(48)32(46(9)10)19-25(3)52-39/h12-17,20,23-28,32-33,35-37,39,43,48H,11,18-19,21-22H2,1-10H3,(H,45,50)/b15-14+/t24-,25?,26+,27-,28-,32?,33-,35?,36-,37?,39+,41-,42-/m1/s1. The Hall–Kier alpha value is -3.46. The molecule has 0 bridgehead atoms. The molecule has 5 rings (SSSR count). The number of likely N-dealkylation sites (N-methyl/N-ethyl adjacent to an activating group) is 1. The molecule has 1 aromatic heterocycles. The molecule has 4 unspecified atom stereocenters. The smallest absolute Gasteiger partial charge is 0.408 e. The normalized spacial score (nSPS) is 38.3. The van der Waals surface area contributed by atoms with Gasteiger partial charge in [0, 0.05) is 29.6 Å². The van der Waals surface area contributed by atoms with Gasteiger partial charge in [-0.05, 0) is 98.1 Å². The third-order valence-corrected chi connectivity index (χ3v) is 11.8. The van der Waals surface area contributed by atoms with Crippen LogP contribution in [0, 0.1) is 17.8 Å². The Morgan fingerprint density at radius 3 is 2.53 bits per heavy atom. The highest BCUT2D eigenvalue weighted by Gasteiger charge is 2.55. The fourth-order valence-corrected chi connectivity index (χ4v) is 8.68. The summed E-state index contributed by atoms with van der Waals surface area (Å²) in [4.78, 5) is 47.5. The van der Waals surface area contributed by atoms with Crippen LogP contribution in [0.4, 0.5) is 4.79 Å². The molecular weight excluding hydrogens is 704 g/mol. The van der Waals surface area contributed by atoms with Crippen molar-refractivity contribution in [2.75, 3.05) is 27.2 Å². The molecule has 0 spiro atoms. The number of fused-ring (bicyclic) bond motifs is 2. The summed E-state index contributed by atoms with van der Waals surface area (Å²) in [6, 6.07) is 8.92. The highest BCUT2D eigenvalue weighted by molar-refractivity contribution is 6.00. The number of Topliss-reactive ketones (excluding diaryl/α,β-unsaturated/α-hetero) is 1. The number of benzene rings is 1. The van der Waals surface area contributed by atoms with Gasteiger partial charge in [0.25, 0.3) is 0 Å². The number of aromatic nitrogens is 1. The molecule has 1 aromatic carbocycles. The van der Waals surface area contributed by atoms with Crippen molar-refractivity contribution in [2.24, 2.45) is 17.8 Å². The highest BCUT2D eigenvalue weighted by Crippen LogP contribution is 2.38. The maximum atomic E-state index is 14.5. The number of nitrogens with zero attached hydrogens (tertiary/aromatic N) is 2. The van der Waals surface area contributed by atoms with Crippen LogP contribution in [-0.4, -0.2) is 120 Å². The van der Waals surface area contributed by atoms with E-state index in [1.165, 1.54) is 6.92 Å². The quantitative estimate of drug-likeness (QED) is 0.248. The highest BCUT2D eigenvalue weighted by atomic mass is 16.7. The number of hydrogen-bond donors (Lipinski definition) is 3. The van der Waals surface area contributed by atoms with Crippen LogP contribution in [0.15, 0.2) is 42.6 Å². The third-order valence-electron chi connectivity index (χ3n) is 11.8. The number of rotatable bonds is 8. The van der Waals surface area contributed by atoms with Crippen molar-refractivity contribution < 1.29 is 43.2 Å². The number of nitrogens with one attached hydrogen (secondary N) is 2. The monoisotopic (exact) mass is 766 g/mol. The van der Waals surface area contributed by atoms with E-state index in [4.69, 9.17) is 23.7 Å². The first-order valence-corrected chi connectivity index (χ1v) is 19.7. The SMILES string of the molecule is CC[C@H]1OC(=O)[C@H](C)C(=O)[C@H](C)C(O[C@@H]2OC(C)CC(N(C)C)C2O)[C@](C)(OC/C=C/c2cnc3ccccc3c2)C[C@@H](C)CN[C@H](C)[C@H]2NC(=O)O[C@@]21C. The first-order valence-electron chi connectivity index (χ1n) is 19.7. The Kier molecular flexibility index (Phi) is 13.8. The predicted octanol–water partition coefficient (Wildman–Crippen LogP) is 4.88. The number of alkyl carbamates (subject to hydrolysis) is 1. The summed E-state index contributed by atoms with van der Waals surface area (Å²) in [5, 5.41) is 19.1. The maximum absolute atomic E-state index is 14.5. The molecule has 3 fully saturated rings. The molecule has 3 saturated heterocycles. The van der Waals surface area contributed by atoms with Crippen LogP contribution >= 0.6 is 0 Å². The lowest BCUT2D eigenvalue weighted by Gasteiger charge is -2.47. The largest absolute Gasteiger partial charge is 0.458 e. The van der Waals surface area contributed by atoms with E-state index in [0.717, 1.165) is 16.5 Å². The second-order valence-electron chi connectivity index (χ2n) is 16.6. The van der Waals surface area contributed by atoms with E-state index < -0.39 is 71.5 Å². The van der Waals surface area contributed by atoms with Crippen molar-refractivity contribution in [1.82, 2.24) is 20.5 Å². The number of amides is 1. The average Bonchev–Trinajstić information content (AvgIpc) is 3.47. The van der Waals surface area contributed by atoms with Gasteiger partial charge in [-0.3, -0.25) is 14.6 Å². The molecule has 3 aliphatic heterocycles. The van der Waals surface area contributed by atoms with Crippen LogP contribution < -0.4 is 10.6 Å². The topological polar surface area (TPSA) is 158 Å². The van der Waals surface area contributed by atoms with E-state index >= 15 is 0 Å². The third kappa shape index (κ3) is 9.57. The van der Waals surface area contributed by atoms with Crippen molar-refractivity contribution in [3.05, 3.63) is 48.2 Å². The Morgan fingerprint density at radius 2 is 1.82 bits per heavy atom. The van der Waals surface area contributed by atoms with Crippen LogP contribution in [0.5, 0.6) is 0 Å². The van der Waals surface area contributed by atoms with Gasteiger partial charge in [-0.15, -0.1) is 0 Å². The Morgan fingerprint density at radius 1 is 1.09 bits per heavy atom. The summed E-state index contributed by atoms with van der Waals surface area (Å²) in [5.41, 5.74) is -0.496. The molecule has 0 radical (unpaired) electrons. The molecule has 2 aromatic rings. The summed E-state index contributed by atoms with van der Waals surface area (Å²) >= 11 is 0. The van der Waals surface area contributed by atoms with Crippen molar-refractivity contribution in [3.8, 4) is 0 Å². The summed E-state index contributed by atoms with van der Waals surface area (Å²) < 4.78 is 31.7. The summed E-state index contributed by atoms with van der Waals surface area (Å²) in [6.07, 6.45) is 2.37. The van der Waals surface area contributed by atoms with Gasteiger partial charge >= 0.3 is 12.1 Å². The average molecular weight is 767 g/mol. The van der Waals surface area contributed by atoms with Gasteiger partial charge in [0.05, 0.1) is 36.0 Å². The fraction of sp³-hybridized carbons (Fsp3) is 0.667. The van der Waals surface area contributed by atoms with Crippen LogP contribution in [0.2, 0.25) is 0 Å². The molecular formula is C42H62N4O9. The minimum atomic E-state index is -1.18. The minimum absolute atomic E-state index is 0.0353. The molecule has 13 nitrogen and oxygen atoms in total. The zero-order valence-corrected chi connectivity index (χ0v) is 34.1. The van der Waals surface area contributed by atoms with Gasteiger partial charge in [0.1, 0.15) is 18.1 Å². The zero-order chi connectivity index (χ0) is 40.2. The summed E-state index contributed by atoms with van der Waals surface area (Å²) in [7, 11) is 3.81. The van der Waals surface area contributed by atoms with Crippen LogP contribution in [0.3, 0.4) is 0 Å². The fourth-order valence-electron chi connectivity index (χ4n) is 8.68. The first kappa shape index (κ1) is 42.7. The molecule has 0 saturated carbocycles. The molecule has 3 N–H and O–H groups in total. The number of esters is 1. The van der Waals surface area contributed by atoms with Crippen molar-refractivity contribution in [1.29, 1.82) is 0 Å². The Labute approximate surface area is 325 Å². The lowest BCUT2D eigenvalue weighted by molar-refractivity contribution is -0.296. The van der Waals surface area contributed by atoms with Gasteiger partial charge in [-0.1, -0.05) is 51.1 Å². The number of pyridine rings is 1.